The van der Waals surface area contributed by atoms with Crippen LogP contribution in [0.25, 0.3) is 6.08 Å². The Bertz CT molecular complexity index is 1130. The van der Waals surface area contributed by atoms with Gasteiger partial charge >= 0.3 is 0 Å². The summed E-state index contributed by atoms with van der Waals surface area (Å²) in [5, 5.41) is 6.85. The van der Waals surface area contributed by atoms with E-state index in [1.807, 2.05) is 24.4 Å². The Kier molecular flexibility index (Phi) is 6.21. The summed E-state index contributed by atoms with van der Waals surface area (Å²) >= 11 is 9.19. The molecule has 0 unspecified atom stereocenters. The van der Waals surface area contributed by atoms with Crippen molar-refractivity contribution >= 4 is 57.5 Å². The number of thiophene rings is 1. The number of amidine groups is 1. The number of ether oxygens (including phenoxy) is 1. The summed E-state index contributed by atoms with van der Waals surface area (Å²) in [5.74, 6) is 1.85. The summed E-state index contributed by atoms with van der Waals surface area (Å²) in [6.45, 7) is 1.95. The van der Waals surface area contributed by atoms with Crippen LogP contribution < -0.4 is 9.64 Å². The zero-order valence-corrected chi connectivity index (χ0v) is 18.6. The molecule has 30 heavy (non-hydrogen) atoms. The molecule has 3 aromatic rings. The lowest BCUT2D eigenvalue weighted by molar-refractivity contribution is -0.113. The first-order valence-corrected chi connectivity index (χ1v) is 11.3. The van der Waals surface area contributed by atoms with E-state index in [1.54, 1.807) is 31.4 Å². The normalized spacial score (nSPS) is 15.2. The van der Waals surface area contributed by atoms with Gasteiger partial charge in [0.1, 0.15) is 11.4 Å². The van der Waals surface area contributed by atoms with Gasteiger partial charge in [0, 0.05) is 11.3 Å². The quantitative estimate of drug-likeness (QED) is 0.480. The Hall–Kier alpha value is -2.62. The molecular weight excluding hydrogens is 444 g/mol. The van der Waals surface area contributed by atoms with Gasteiger partial charge in [0.15, 0.2) is 11.0 Å². The monoisotopic (exact) mass is 460 g/mol. The van der Waals surface area contributed by atoms with Crippen molar-refractivity contribution in [2.24, 2.45) is 4.99 Å². The average molecular weight is 461 g/mol. The van der Waals surface area contributed by atoms with Crippen LogP contribution >= 0.6 is 34.7 Å². The van der Waals surface area contributed by atoms with E-state index in [9.17, 15) is 4.79 Å². The summed E-state index contributed by atoms with van der Waals surface area (Å²) in [7, 11) is 1.54. The summed E-state index contributed by atoms with van der Waals surface area (Å²) in [6, 6.07) is 9.05. The van der Waals surface area contributed by atoms with E-state index in [2.05, 4.69) is 15.1 Å². The molecule has 4 rings (SSSR count). The highest BCUT2D eigenvalue weighted by molar-refractivity contribution is 8.13. The number of carbonyl (C=O) groups excluding carboxylic acids is 1. The van der Waals surface area contributed by atoms with Crippen molar-refractivity contribution in [3.63, 3.8) is 0 Å². The van der Waals surface area contributed by atoms with E-state index in [4.69, 9.17) is 20.9 Å². The van der Waals surface area contributed by atoms with Gasteiger partial charge in [-0.25, -0.2) is 4.99 Å². The number of hydrogen-bond acceptors (Lipinski definition) is 8. The van der Waals surface area contributed by atoms with Crippen molar-refractivity contribution in [1.82, 2.24) is 10.1 Å². The minimum atomic E-state index is -0.227. The molecular formula is C20H17ClN4O3S2. The molecule has 10 heteroatoms. The Labute approximate surface area is 186 Å². The van der Waals surface area contributed by atoms with E-state index in [0.29, 0.717) is 51.2 Å². The third-order valence-electron chi connectivity index (χ3n) is 4.19. The Balaban J connectivity index is 1.65. The highest BCUT2D eigenvalue weighted by atomic mass is 35.5. The van der Waals surface area contributed by atoms with Crippen LogP contribution in [-0.2, 0) is 17.0 Å². The van der Waals surface area contributed by atoms with Gasteiger partial charge in [-0.3, -0.25) is 9.69 Å². The Morgan fingerprint density at radius 3 is 2.90 bits per heavy atom. The van der Waals surface area contributed by atoms with E-state index in [0.717, 1.165) is 4.88 Å². The first kappa shape index (κ1) is 20.6. The van der Waals surface area contributed by atoms with Gasteiger partial charge in [0.25, 0.3) is 5.91 Å². The van der Waals surface area contributed by atoms with Gasteiger partial charge in [-0.2, -0.15) is 4.98 Å². The molecule has 0 saturated carbocycles. The van der Waals surface area contributed by atoms with E-state index < -0.39 is 0 Å². The highest BCUT2D eigenvalue weighted by Gasteiger charge is 2.32. The number of anilines is 1. The predicted octanol–water partition coefficient (Wildman–Crippen LogP) is 5.03. The number of rotatable bonds is 6. The smallest absolute Gasteiger partial charge is 0.283 e. The number of benzene rings is 1. The van der Waals surface area contributed by atoms with E-state index in [1.165, 1.54) is 28.0 Å². The van der Waals surface area contributed by atoms with Crippen LogP contribution in [0.2, 0.25) is 5.02 Å². The number of thioether (sulfide) groups is 1. The van der Waals surface area contributed by atoms with Gasteiger partial charge in [-0.05, 0) is 35.7 Å². The molecule has 1 aliphatic rings. The second-order valence-electron chi connectivity index (χ2n) is 6.15. The maximum Gasteiger partial charge on any atom is 0.283 e. The molecule has 0 radical (unpaired) electrons. The zero-order chi connectivity index (χ0) is 21.1. The zero-order valence-electron chi connectivity index (χ0n) is 16.2. The number of carbonyl (C=O) groups is 1. The second kappa shape index (κ2) is 9.03. The topological polar surface area (TPSA) is 80.8 Å². The lowest BCUT2D eigenvalue weighted by Crippen LogP contribution is -2.30. The summed E-state index contributed by atoms with van der Waals surface area (Å²) < 4.78 is 10.4. The second-order valence-corrected chi connectivity index (χ2v) is 8.47. The lowest BCUT2D eigenvalue weighted by atomic mass is 10.2. The molecule has 0 aliphatic carbocycles. The Morgan fingerprint density at radius 1 is 1.37 bits per heavy atom. The van der Waals surface area contributed by atoms with Gasteiger partial charge in [-0.1, -0.05) is 41.5 Å². The van der Waals surface area contributed by atoms with Crippen LogP contribution in [0.1, 0.15) is 23.5 Å². The maximum atomic E-state index is 13.2. The third-order valence-corrected chi connectivity index (χ3v) is 6.24. The summed E-state index contributed by atoms with van der Waals surface area (Å²) in [5.41, 5.74) is 0.961. The first-order valence-electron chi connectivity index (χ1n) is 9.05. The molecule has 154 valence electrons. The number of amides is 1. The number of aliphatic imine (C=N–C) groups is 1. The molecule has 0 N–H and O–H groups in total. The fourth-order valence-corrected chi connectivity index (χ4v) is 4.50. The number of halogens is 1. The van der Waals surface area contributed by atoms with Gasteiger partial charge in [0.2, 0.25) is 5.89 Å². The van der Waals surface area contributed by atoms with E-state index in [-0.39, 0.29) is 5.91 Å². The van der Waals surface area contributed by atoms with Gasteiger partial charge < -0.3 is 9.26 Å². The van der Waals surface area contributed by atoms with Crippen molar-refractivity contribution < 1.29 is 14.1 Å². The van der Waals surface area contributed by atoms with Crippen LogP contribution in [0.3, 0.4) is 0 Å². The molecule has 1 aliphatic heterocycles. The average Bonchev–Trinajstić information content (AvgIpc) is 3.48. The molecule has 7 nitrogen and oxygen atoms in total. The van der Waals surface area contributed by atoms with Crippen LogP contribution in [0.15, 0.2) is 50.9 Å². The van der Waals surface area contributed by atoms with Crippen molar-refractivity contribution in [3.05, 3.63) is 63.0 Å². The number of hydrogen-bond donors (Lipinski definition) is 0. The van der Waals surface area contributed by atoms with Gasteiger partial charge in [0.05, 0.1) is 23.6 Å². The highest BCUT2D eigenvalue weighted by Crippen LogP contribution is 2.35. The summed E-state index contributed by atoms with van der Waals surface area (Å²) in [4.78, 5) is 24.6. The molecule has 0 fully saturated rings. The maximum absolute atomic E-state index is 13.2. The molecule has 0 saturated heterocycles. The fraction of sp³-hybridized carbons (Fsp3) is 0.200. The minimum Gasteiger partial charge on any atom is -0.495 e. The number of aromatic nitrogens is 2. The lowest BCUT2D eigenvalue weighted by Gasteiger charge is -2.18. The largest absolute Gasteiger partial charge is 0.495 e. The summed E-state index contributed by atoms with van der Waals surface area (Å²) in [6.07, 6.45) is 2.45. The first-order chi connectivity index (χ1) is 14.6. The van der Waals surface area contributed by atoms with Crippen molar-refractivity contribution in [2.45, 2.75) is 19.1 Å². The Morgan fingerprint density at radius 2 is 2.23 bits per heavy atom. The van der Waals surface area contributed by atoms with Crippen LogP contribution in [0.5, 0.6) is 5.75 Å². The number of aryl methyl sites for hydroxylation is 1. The van der Waals surface area contributed by atoms with Gasteiger partial charge in [-0.15, -0.1) is 11.3 Å². The minimum absolute atomic E-state index is 0.227. The molecule has 0 spiro atoms. The molecule has 1 amide bonds. The molecule has 0 bridgehead atoms. The SMILES string of the molecule is CCc1nc(CSC2=N/C(=C/c3cccs3)C(=O)N2c2ccc(OC)c(Cl)c2)no1. The molecule has 3 heterocycles. The number of nitrogens with zero attached hydrogens (tertiary/aromatic N) is 4. The standard InChI is InChI=1S/C20H17ClN4O3S2/c1-3-18-23-17(24-28-18)11-30-20-22-15(10-13-5-4-8-29-13)19(26)25(20)12-6-7-16(27-2)14(21)9-12/h4-10H,3,11H2,1-2H3/b15-10+. The predicted molar refractivity (Wildman–Crippen MR) is 120 cm³/mol. The van der Waals surface area contributed by atoms with E-state index >= 15 is 0 Å². The third kappa shape index (κ3) is 4.28. The van der Waals surface area contributed by atoms with Crippen LogP contribution in [-0.4, -0.2) is 28.3 Å². The number of methoxy groups -OCH3 is 1. The molecule has 0 atom stereocenters. The van der Waals surface area contributed by atoms with Crippen molar-refractivity contribution in [2.75, 3.05) is 12.0 Å². The van der Waals surface area contributed by atoms with Crippen molar-refractivity contribution in [3.8, 4) is 5.75 Å². The molecule has 2 aromatic heterocycles. The fourth-order valence-electron chi connectivity index (χ4n) is 2.74. The van der Waals surface area contributed by atoms with Crippen LogP contribution in [0.4, 0.5) is 5.69 Å². The van der Waals surface area contributed by atoms with Crippen molar-refractivity contribution in [1.29, 1.82) is 0 Å². The van der Waals surface area contributed by atoms with Crippen LogP contribution in [0, 0.1) is 0 Å². The molecule has 1 aromatic carbocycles.